The van der Waals surface area contributed by atoms with E-state index >= 15 is 0 Å². The average molecular weight is 515 g/mol. The van der Waals surface area contributed by atoms with E-state index in [4.69, 9.17) is 16.3 Å². The lowest BCUT2D eigenvalue weighted by atomic mass is 9.74. The SMILES string of the molecule is COc1ccc2ncc(Cl)c(CCCC3(C(=O)O)CCN(C4CC(c5cc(F)ccc5F)C4)C3)c2c1. The fraction of sp³-hybridized carbons (Fsp3) is 0.429. The van der Waals surface area contributed by atoms with Gasteiger partial charge in [-0.05, 0) is 98.5 Å². The number of benzene rings is 2. The lowest BCUT2D eigenvalue weighted by molar-refractivity contribution is -0.149. The van der Waals surface area contributed by atoms with E-state index in [0.29, 0.717) is 49.4 Å². The number of hydrogen-bond acceptors (Lipinski definition) is 4. The first-order chi connectivity index (χ1) is 17.3. The highest BCUT2D eigenvalue weighted by molar-refractivity contribution is 6.32. The first-order valence-corrected chi connectivity index (χ1v) is 12.7. The molecule has 0 bridgehead atoms. The molecule has 0 amide bonds. The second kappa shape index (κ2) is 9.94. The monoisotopic (exact) mass is 514 g/mol. The van der Waals surface area contributed by atoms with Crippen molar-refractivity contribution in [1.82, 2.24) is 9.88 Å². The maximum absolute atomic E-state index is 14.1. The molecule has 1 saturated carbocycles. The molecule has 1 aliphatic heterocycles. The molecule has 0 radical (unpaired) electrons. The average Bonchev–Trinajstić information content (AvgIpc) is 3.26. The number of carboxylic acids is 1. The van der Waals surface area contributed by atoms with Crippen molar-refractivity contribution >= 4 is 28.5 Å². The van der Waals surface area contributed by atoms with Crippen molar-refractivity contribution in [1.29, 1.82) is 0 Å². The Morgan fingerprint density at radius 3 is 2.81 bits per heavy atom. The number of rotatable bonds is 8. The summed E-state index contributed by atoms with van der Waals surface area (Å²) in [5.41, 5.74) is 1.38. The molecule has 1 atom stereocenters. The predicted octanol–water partition coefficient (Wildman–Crippen LogP) is 6.22. The number of nitrogens with zero attached hydrogens (tertiary/aromatic N) is 2. The van der Waals surface area contributed by atoms with Crippen molar-refractivity contribution in [2.45, 2.75) is 50.5 Å². The van der Waals surface area contributed by atoms with Gasteiger partial charge >= 0.3 is 5.97 Å². The molecule has 8 heteroatoms. The molecule has 36 heavy (non-hydrogen) atoms. The standard InChI is InChI=1S/C28H29ClF2N2O3/c1-36-20-5-7-26-23(14-20)21(24(29)15-32-26)3-2-8-28(27(34)35)9-10-33(16-28)19-11-17(12-19)22-13-18(30)4-6-25(22)31/h4-7,13-15,17,19H,2-3,8-12,16H2,1H3,(H,34,35). The lowest BCUT2D eigenvalue weighted by Gasteiger charge is -2.42. The Labute approximate surface area is 214 Å². The minimum Gasteiger partial charge on any atom is -0.497 e. The van der Waals surface area contributed by atoms with Gasteiger partial charge in [-0.25, -0.2) is 8.78 Å². The molecule has 5 nitrogen and oxygen atoms in total. The van der Waals surface area contributed by atoms with Gasteiger partial charge in [0.2, 0.25) is 0 Å². The van der Waals surface area contributed by atoms with Crippen molar-refractivity contribution < 1.29 is 23.4 Å². The van der Waals surface area contributed by atoms with Gasteiger partial charge in [0.15, 0.2) is 0 Å². The molecule has 0 spiro atoms. The number of hydrogen-bond donors (Lipinski definition) is 1. The molecule has 1 saturated heterocycles. The van der Waals surface area contributed by atoms with Crippen molar-refractivity contribution in [2.75, 3.05) is 20.2 Å². The smallest absolute Gasteiger partial charge is 0.310 e. The van der Waals surface area contributed by atoms with Gasteiger partial charge in [-0.3, -0.25) is 14.7 Å². The topological polar surface area (TPSA) is 62.7 Å². The largest absolute Gasteiger partial charge is 0.497 e. The van der Waals surface area contributed by atoms with Crippen LogP contribution in [0.2, 0.25) is 5.02 Å². The highest BCUT2D eigenvalue weighted by Crippen LogP contribution is 2.46. The van der Waals surface area contributed by atoms with E-state index in [2.05, 4.69) is 9.88 Å². The summed E-state index contributed by atoms with van der Waals surface area (Å²) in [6.07, 6.45) is 5.52. The van der Waals surface area contributed by atoms with E-state index in [1.807, 2.05) is 18.2 Å². The maximum atomic E-state index is 14.1. The zero-order valence-corrected chi connectivity index (χ0v) is 20.9. The van der Waals surface area contributed by atoms with Gasteiger partial charge in [-0.1, -0.05) is 11.6 Å². The van der Waals surface area contributed by atoms with E-state index in [1.54, 1.807) is 13.3 Å². The van der Waals surface area contributed by atoms with Gasteiger partial charge in [0.05, 0.1) is 23.1 Å². The number of methoxy groups -OCH3 is 1. The third-order valence-electron chi connectivity index (χ3n) is 8.08. The van der Waals surface area contributed by atoms with E-state index in [9.17, 15) is 18.7 Å². The van der Waals surface area contributed by atoms with Gasteiger partial charge < -0.3 is 9.84 Å². The lowest BCUT2D eigenvalue weighted by Crippen LogP contribution is -2.45. The summed E-state index contributed by atoms with van der Waals surface area (Å²) in [5.74, 6) is -0.880. The Bertz CT molecular complexity index is 1300. The van der Waals surface area contributed by atoms with Crippen LogP contribution in [0.5, 0.6) is 5.75 Å². The number of aryl methyl sites for hydroxylation is 1. The van der Waals surface area contributed by atoms with Crippen LogP contribution in [0.25, 0.3) is 10.9 Å². The minimum absolute atomic E-state index is 0.0235. The zero-order chi connectivity index (χ0) is 25.4. The number of halogens is 3. The van der Waals surface area contributed by atoms with Crippen LogP contribution in [0.4, 0.5) is 8.78 Å². The first kappa shape index (κ1) is 24.9. The quantitative estimate of drug-likeness (QED) is 0.386. The summed E-state index contributed by atoms with van der Waals surface area (Å²) in [6.45, 7) is 1.18. The highest BCUT2D eigenvalue weighted by atomic mass is 35.5. The minimum atomic E-state index is -0.817. The van der Waals surface area contributed by atoms with E-state index in [0.717, 1.165) is 41.1 Å². The Balaban J connectivity index is 1.23. The van der Waals surface area contributed by atoms with Crippen LogP contribution in [0, 0.1) is 17.0 Å². The number of aromatic nitrogens is 1. The number of aliphatic carboxylic acids is 1. The van der Waals surface area contributed by atoms with Crippen LogP contribution in [0.15, 0.2) is 42.6 Å². The van der Waals surface area contributed by atoms with Crippen molar-refractivity contribution in [3.63, 3.8) is 0 Å². The Kier molecular flexibility index (Phi) is 6.88. The Morgan fingerprint density at radius 1 is 1.25 bits per heavy atom. The summed E-state index contributed by atoms with van der Waals surface area (Å²) >= 11 is 6.49. The summed E-state index contributed by atoms with van der Waals surface area (Å²) in [4.78, 5) is 19.0. The molecular formula is C28H29ClF2N2O3. The fourth-order valence-corrected chi connectivity index (χ4v) is 6.10. The molecule has 1 N–H and O–H groups in total. The van der Waals surface area contributed by atoms with Crippen molar-refractivity contribution in [2.24, 2.45) is 5.41 Å². The second-order valence-electron chi connectivity index (χ2n) is 10.1. The van der Waals surface area contributed by atoms with Gasteiger partial charge in [-0.2, -0.15) is 0 Å². The van der Waals surface area contributed by atoms with Crippen LogP contribution in [-0.2, 0) is 11.2 Å². The molecule has 2 aromatic carbocycles. The number of carboxylic acid groups (broad SMARTS) is 1. The number of carbonyl (C=O) groups is 1. The van der Waals surface area contributed by atoms with Crippen LogP contribution in [0.1, 0.15) is 49.1 Å². The van der Waals surface area contributed by atoms with Crippen LogP contribution >= 0.6 is 11.6 Å². The molecule has 2 aliphatic rings. The third kappa shape index (κ3) is 4.66. The Hall–Kier alpha value is -2.77. The highest BCUT2D eigenvalue weighted by Gasteiger charge is 2.48. The molecule has 2 heterocycles. The van der Waals surface area contributed by atoms with Gasteiger partial charge in [-0.15, -0.1) is 0 Å². The van der Waals surface area contributed by atoms with Crippen LogP contribution in [0.3, 0.4) is 0 Å². The molecule has 1 unspecified atom stereocenters. The molecule has 1 aromatic heterocycles. The molecule has 190 valence electrons. The predicted molar refractivity (Wildman–Crippen MR) is 135 cm³/mol. The summed E-state index contributed by atoms with van der Waals surface area (Å²) < 4.78 is 33.1. The zero-order valence-electron chi connectivity index (χ0n) is 20.1. The third-order valence-corrected chi connectivity index (χ3v) is 8.41. The van der Waals surface area contributed by atoms with Gasteiger partial charge in [0.25, 0.3) is 0 Å². The van der Waals surface area contributed by atoms with Crippen LogP contribution in [-0.4, -0.2) is 47.2 Å². The first-order valence-electron chi connectivity index (χ1n) is 12.3. The normalized spacial score (nSPS) is 24.1. The molecule has 2 fully saturated rings. The molecule has 5 rings (SSSR count). The number of ether oxygens (including phenoxy) is 1. The van der Waals surface area contributed by atoms with E-state index in [-0.39, 0.29) is 17.8 Å². The van der Waals surface area contributed by atoms with E-state index in [1.165, 1.54) is 12.1 Å². The second-order valence-corrected chi connectivity index (χ2v) is 10.5. The van der Waals surface area contributed by atoms with E-state index < -0.39 is 17.2 Å². The van der Waals surface area contributed by atoms with Crippen LogP contribution < -0.4 is 4.74 Å². The van der Waals surface area contributed by atoms with Gasteiger partial charge in [0.1, 0.15) is 17.4 Å². The Morgan fingerprint density at radius 2 is 2.06 bits per heavy atom. The number of fused-ring (bicyclic) bond motifs is 1. The molecule has 3 aromatic rings. The number of likely N-dealkylation sites (tertiary alicyclic amines) is 1. The number of pyridine rings is 1. The molecular weight excluding hydrogens is 486 g/mol. The molecule has 1 aliphatic carbocycles. The fourth-order valence-electron chi connectivity index (χ4n) is 5.86. The van der Waals surface area contributed by atoms with Crippen molar-refractivity contribution in [3.05, 3.63) is 70.4 Å². The summed E-state index contributed by atoms with van der Waals surface area (Å²) in [5, 5.41) is 11.7. The maximum Gasteiger partial charge on any atom is 0.310 e. The van der Waals surface area contributed by atoms with Gasteiger partial charge in [0, 0.05) is 24.2 Å². The summed E-state index contributed by atoms with van der Waals surface area (Å²) in [6, 6.07) is 9.46. The van der Waals surface area contributed by atoms with Crippen molar-refractivity contribution in [3.8, 4) is 5.75 Å². The summed E-state index contributed by atoms with van der Waals surface area (Å²) in [7, 11) is 1.61.